The molecule has 1 aromatic carbocycles. The van der Waals surface area contributed by atoms with Crippen LogP contribution in [0.25, 0.3) is 0 Å². The van der Waals surface area contributed by atoms with Crippen molar-refractivity contribution in [2.24, 2.45) is 5.41 Å². The molecule has 110 valence electrons. The number of halogens is 1. The van der Waals surface area contributed by atoms with E-state index in [1.165, 1.54) is 12.1 Å². The summed E-state index contributed by atoms with van der Waals surface area (Å²) in [6, 6.07) is 4.12. The number of rotatable bonds is 3. The molecule has 1 atom stereocenters. The molecular weight excluding hydrogens is 324 g/mol. The summed E-state index contributed by atoms with van der Waals surface area (Å²) < 4.78 is 0.524. The van der Waals surface area contributed by atoms with Crippen molar-refractivity contribution < 1.29 is 14.7 Å². The zero-order valence-corrected chi connectivity index (χ0v) is 13.5. The van der Waals surface area contributed by atoms with Crippen LogP contribution in [0.3, 0.4) is 0 Å². The van der Waals surface area contributed by atoms with E-state index in [0.717, 1.165) is 0 Å². The Morgan fingerprint density at radius 1 is 1.30 bits per heavy atom. The standard InChI is InChI=1S/C14H19BrN2O3/c1-8(14(2,3)4)16-13(20)17-11-6-5-9(12(18)19)7-10(11)15/h5-8H,1-4H3,(H,18,19)(H2,16,17,20). The van der Waals surface area contributed by atoms with Gasteiger partial charge in [0.05, 0.1) is 11.3 Å². The maximum Gasteiger partial charge on any atom is 0.335 e. The van der Waals surface area contributed by atoms with Gasteiger partial charge in [-0.2, -0.15) is 0 Å². The largest absolute Gasteiger partial charge is 0.478 e. The molecule has 2 amide bonds. The highest BCUT2D eigenvalue weighted by molar-refractivity contribution is 9.10. The van der Waals surface area contributed by atoms with Crippen LogP contribution < -0.4 is 10.6 Å². The number of carbonyl (C=O) groups is 2. The van der Waals surface area contributed by atoms with Crippen LogP contribution in [0.15, 0.2) is 22.7 Å². The van der Waals surface area contributed by atoms with Crippen LogP contribution in [0, 0.1) is 5.41 Å². The number of anilines is 1. The molecule has 0 aliphatic carbocycles. The minimum Gasteiger partial charge on any atom is -0.478 e. The van der Waals surface area contributed by atoms with Gasteiger partial charge < -0.3 is 15.7 Å². The number of hydrogen-bond donors (Lipinski definition) is 3. The number of carboxylic acid groups (broad SMARTS) is 1. The van der Waals surface area contributed by atoms with Gasteiger partial charge in [-0.3, -0.25) is 0 Å². The fourth-order valence-corrected chi connectivity index (χ4v) is 1.80. The predicted molar refractivity (Wildman–Crippen MR) is 82.2 cm³/mol. The number of carboxylic acids is 1. The third-order valence-corrected chi connectivity index (χ3v) is 3.77. The lowest BCUT2D eigenvalue weighted by Gasteiger charge is -2.28. The zero-order valence-electron chi connectivity index (χ0n) is 12.0. The zero-order chi connectivity index (χ0) is 15.5. The Labute approximate surface area is 126 Å². The number of amides is 2. The second-order valence-corrected chi connectivity index (χ2v) is 6.54. The Kier molecular flexibility index (Phi) is 5.16. The molecule has 0 spiro atoms. The van der Waals surface area contributed by atoms with E-state index in [1.54, 1.807) is 6.07 Å². The first kappa shape index (κ1) is 16.5. The molecule has 0 heterocycles. The number of nitrogens with one attached hydrogen (secondary N) is 2. The Hall–Kier alpha value is -1.56. The lowest BCUT2D eigenvalue weighted by Crippen LogP contribution is -2.43. The van der Waals surface area contributed by atoms with Crippen LogP contribution in [-0.2, 0) is 0 Å². The summed E-state index contributed by atoms with van der Waals surface area (Å²) in [4.78, 5) is 22.7. The average molecular weight is 343 g/mol. The number of aromatic carboxylic acids is 1. The summed E-state index contributed by atoms with van der Waals surface area (Å²) >= 11 is 3.24. The normalized spacial score (nSPS) is 12.7. The minimum atomic E-state index is -1.01. The highest BCUT2D eigenvalue weighted by Crippen LogP contribution is 2.24. The van der Waals surface area contributed by atoms with Gasteiger partial charge >= 0.3 is 12.0 Å². The van der Waals surface area contributed by atoms with E-state index in [-0.39, 0.29) is 23.1 Å². The summed E-state index contributed by atoms with van der Waals surface area (Å²) in [6.07, 6.45) is 0. The van der Waals surface area contributed by atoms with Crippen LogP contribution in [-0.4, -0.2) is 23.1 Å². The maximum atomic E-state index is 11.9. The van der Waals surface area contributed by atoms with Crippen LogP contribution >= 0.6 is 15.9 Å². The maximum absolute atomic E-state index is 11.9. The van der Waals surface area contributed by atoms with E-state index < -0.39 is 5.97 Å². The molecule has 0 saturated carbocycles. The molecule has 6 heteroatoms. The molecule has 0 aliphatic rings. The van der Waals surface area contributed by atoms with Gasteiger partial charge in [0.25, 0.3) is 0 Å². The highest BCUT2D eigenvalue weighted by Gasteiger charge is 2.21. The van der Waals surface area contributed by atoms with Gasteiger partial charge in [0, 0.05) is 10.5 Å². The molecule has 20 heavy (non-hydrogen) atoms. The van der Waals surface area contributed by atoms with Gasteiger partial charge in [0.15, 0.2) is 0 Å². The fourth-order valence-electron chi connectivity index (χ4n) is 1.32. The molecule has 1 aromatic rings. The smallest absolute Gasteiger partial charge is 0.335 e. The third-order valence-electron chi connectivity index (χ3n) is 3.11. The Morgan fingerprint density at radius 3 is 2.35 bits per heavy atom. The van der Waals surface area contributed by atoms with Gasteiger partial charge in [-0.05, 0) is 46.5 Å². The Bertz CT molecular complexity index is 524. The minimum absolute atomic E-state index is 0.000400. The molecule has 5 nitrogen and oxygen atoms in total. The van der Waals surface area contributed by atoms with Crippen molar-refractivity contribution in [2.75, 3.05) is 5.32 Å². The lowest BCUT2D eigenvalue weighted by atomic mass is 9.88. The van der Waals surface area contributed by atoms with Crippen molar-refractivity contribution >= 4 is 33.6 Å². The van der Waals surface area contributed by atoms with Crippen LogP contribution in [0.4, 0.5) is 10.5 Å². The molecule has 0 bridgehead atoms. The van der Waals surface area contributed by atoms with Crippen molar-refractivity contribution in [1.82, 2.24) is 5.32 Å². The first-order valence-electron chi connectivity index (χ1n) is 6.21. The van der Waals surface area contributed by atoms with Crippen LogP contribution in [0.2, 0.25) is 0 Å². The van der Waals surface area contributed by atoms with E-state index in [2.05, 4.69) is 26.6 Å². The topological polar surface area (TPSA) is 78.4 Å². The number of carbonyl (C=O) groups excluding carboxylic acids is 1. The SMILES string of the molecule is CC(NC(=O)Nc1ccc(C(=O)O)cc1Br)C(C)(C)C. The quantitative estimate of drug-likeness (QED) is 0.783. The third kappa shape index (κ3) is 4.52. The average Bonchev–Trinajstić information content (AvgIpc) is 2.30. The van der Waals surface area contributed by atoms with Gasteiger partial charge in [-0.1, -0.05) is 20.8 Å². The molecular formula is C14H19BrN2O3. The van der Waals surface area contributed by atoms with Crippen molar-refractivity contribution in [3.63, 3.8) is 0 Å². The number of hydrogen-bond acceptors (Lipinski definition) is 2. The first-order valence-corrected chi connectivity index (χ1v) is 7.01. The molecule has 0 aliphatic heterocycles. The molecule has 3 N–H and O–H groups in total. The van der Waals surface area contributed by atoms with Gasteiger partial charge in [0.1, 0.15) is 0 Å². The number of benzene rings is 1. The summed E-state index contributed by atoms with van der Waals surface area (Å²) in [5, 5.41) is 14.4. The second-order valence-electron chi connectivity index (χ2n) is 5.69. The van der Waals surface area contributed by atoms with Crippen molar-refractivity contribution in [1.29, 1.82) is 0 Å². The molecule has 0 fully saturated rings. The second kappa shape index (κ2) is 6.26. The van der Waals surface area contributed by atoms with Crippen molar-refractivity contribution in [3.8, 4) is 0 Å². The summed E-state index contributed by atoms with van der Waals surface area (Å²) in [5.41, 5.74) is 0.640. The van der Waals surface area contributed by atoms with Gasteiger partial charge in [-0.15, -0.1) is 0 Å². The van der Waals surface area contributed by atoms with Crippen LogP contribution in [0.5, 0.6) is 0 Å². The van der Waals surface area contributed by atoms with Crippen molar-refractivity contribution in [3.05, 3.63) is 28.2 Å². The predicted octanol–water partition coefficient (Wildman–Crippen LogP) is 3.70. The van der Waals surface area contributed by atoms with Gasteiger partial charge in [-0.25, -0.2) is 9.59 Å². The molecule has 0 aromatic heterocycles. The van der Waals surface area contributed by atoms with E-state index in [4.69, 9.17) is 5.11 Å². The first-order chi connectivity index (χ1) is 9.11. The van der Waals surface area contributed by atoms with Gasteiger partial charge in [0.2, 0.25) is 0 Å². The fraction of sp³-hybridized carbons (Fsp3) is 0.429. The van der Waals surface area contributed by atoms with E-state index in [0.29, 0.717) is 10.2 Å². The van der Waals surface area contributed by atoms with Crippen molar-refractivity contribution in [2.45, 2.75) is 33.7 Å². The van der Waals surface area contributed by atoms with Crippen LogP contribution in [0.1, 0.15) is 38.1 Å². The number of urea groups is 1. The summed E-state index contributed by atoms with van der Waals surface area (Å²) in [6.45, 7) is 8.04. The van der Waals surface area contributed by atoms with E-state index in [1.807, 2.05) is 27.7 Å². The summed E-state index contributed by atoms with van der Waals surface area (Å²) in [7, 11) is 0. The molecule has 1 rings (SSSR count). The molecule has 1 unspecified atom stereocenters. The van der Waals surface area contributed by atoms with E-state index >= 15 is 0 Å². The molecule has 0 saturated heterocycles. The monoisotopic (exact) mass is 342 g/mol. The Morgan fingerprint density at radius 2 is 1.90 bits per heavy atom. The highest BCUT2D eigenvalue weighted by atomic mass is 79.9. The Balaban J connectivity index is 2.74. The lowest BCUT2D eigenvalue weighted by molar-refractivity contribution is 0.0697. The molecule has 0 radical (unpaired) electrons. The van der Waals surface area contributed by atoms with E-state index in [9.17, 15) is 9.59 Å². The summed E-state index contributed by atoms with van der Waals surface area (Å²) in [5.74, 6) is -1.01.